The van der Waals surface area contributed by atoms with Crippen LogP contribution in [0.15, 0.2) is 55.1 Å². The zero-order chi connectivity index (χ0) is 24.1. The van der Waals surface area contributed by atoms with Gasteiger partial charge in [0.1, 0.15) is 5.75 Å². The Morgan fingerprint density at radius 3 is 2.76 bits per heavy atom. The molecule has 4 atom stereocenters. The summed E-state index contributed by atoms with van der Waals surface area (Å²) in [6.07, 6.45) is 8.50. The molecule has 0 aromatic heterocycles. The molecule has 1 aliphatic heterocycles. The number of aryl methyl sites for hydroxylation is 2. The lowest BCUT2D eigenvalue weighted by atomic mass is 9.68. The summed E-state index contributed by atoms with van der Waals surface area (Å²) >= 11 is 0. The van der Waals surface area contributed by atoms with Gasteiger partial charge in [0.25, 0.3) is 0 Å². The average molecular weight is 462 g/mol. The van der Waals surface area contributed by atoms with Gasteiger partial charge in [0.2, 0.25) is 0 Å². The molecular formula is C29H35NO4. The van der Waals surface area contributed by atoms with Crippen LogP contribution in [0.25, 0.3) is 0 Å². The molecule has 5 heteroatoms. The van der Waals surface area contributed by atoms with Crippen LogP contribution in [0.5, 0.6) is 5.75 Å². The summed E-state index contributed by atoms with van der Waals surface area (Å²) in [5, 5.41) is 0. The van der Waals surface area contributed by atoms with Gasteiger partial charge in [-0.3, -0.25) is 0 Å². The van der Waals surface area contributed by atoms with E-state index in [1.165, 1.54) is 54.5 Å². The van der Waals surface area contributed by atoms with Crippen LogP contribution in [0.3, 0.4) is 0 Å². The van der Waals surface area contributed by atoms with Gasteiger partial charge in [-0.2, -0.15) is 9.59 Å². The maximum atomic E-state index is 8.12. The van der Waals surface area contributed by atoms with Crippen LogP contribution in [0, 0.1) is 18.8 Å². The number of hydrogen-bond acceptors (Lipinski definition) is 5. The molecule has 0 unspecified atom stereocenters. The van der Waals surface area contributed by atoms with E-state index in [0.717, 1.165) is 25.4 Å². The van der Waals surface area contributed by atoms with Gasteiger partial charge in [0.05, 0.1) is 18.4 Å². The highest BCUT2D eigenvalue weighted by atomic mass is 16.5. The SMILES string of the molecule is C=C[C@H](OC)[C@@H]1CC[C@H]1CN1C[C@@]2(CCCc3cc(C)ccc32)COc2ccccc21.O=C=O. The first-order chi connectivity index (χ1) is 16.5. The van der Waals surface area contributed by atoms with Crippen molar-refractivity contribution in [2.75, 3.05) is 31.7 Å². The van der Waals surface area contributed by atoms with Crippen molar-refractivity contribution in [1.29, 1.82) is 0 Å². The topological polar surface area (TPSA) is 55.8 Å². The highest BCUT2D eigenvalue weighted by Crippen LogP contribution is 2.46. The van der Waals surface area contributed by atoms with Crippen molar-refractivity contribution in [2.45, 2.75) is 50.5 Å². The summed E-state index contributed by atoms with van der Waals surface area (Å²) in [5.41, 5.74) is 5.69. The Bertz CT molecular complexity index is 1040. The molecule has 0 radical (unpaired) electrons. The largest absolute Gasteiger partial charge is 0.490 e. The number of para-hydroxylation sites is 2. The van der Waals surface area contributed by atoms with E-state index in [0.29, 0.717) is 11.8 Å². The Morgan fingerprint density at radius 2 is 2.06 bits per heavy atom. The second kappa shape index (κ2) is 10.6. The third-order valence-electron chi connectivity index (χ3n) is 7.99. The maximum absolute atomic E-state index is 8.12. The summed E-state index contributed by atoms with van der Waals surface area (Å²) in [6.45, 7) is 9.06. The molecule has 1 heterocycles. The van der Waals surface area contributed by atoms with E-state index in [2.05, 4.69) is 60.9 Å². The van der Waals surface area contributed by atoms with E-state index in [1.54, 1.807) is 0 Å². The normalized spacial score (nSPS) is 25.8. The van der Waals surface area contributed by atoms with Crippen molar-refractivity contribution in [3.63, 3.8) is 0 Å². The first kappa shape index (κ1) is 24.3. The molecule has 0 N–H and O–H groups in total. The van der Waals surface area contributed by atoms with Gasteiger partial charge in [-0.15, -0.1) is 6.58 Å². The summed E-state index contributed by atoms with van der Waals surface area (Å²) < 4.78 is 12.2. The van der Waals surface area contributed by atoms with Gasteiger partial charge in [0, 0.05) is 25.6 Å². The summed E-state index contributed by atoms with van der Waals surface area (Å²) in [6, 6.07) is 15.7. The molecule has 2 aliphatic carbocycles. The number of methoxy groups -OCH3 is 1. The van der Waals surface area contributed by atoms with Gasteiger partial charge in [0.15, 0.2) is 0 Å². The number of benzene rings is 2. The van der Waals surface area contributed by atoms with E-state index < -0.39 is 0 Å². The monoisotopic (exact) mass is 461 g/mol. The molecule has 2 aromatic carbocycles. The number of rotatable bonds is 5. The molecule has 2 aromatic rings. The van der Waals surface area contributed by atoms with Gasteiger partial charge in [-0.25, -0.2) is 0 Å². The summed E-state index contributed by atoms with van der Waals surface area (Å²) in [4.78, 5) is 18.9. The fourth-order valence-corrected chi connectivity index (χ4v) is 6.21. The lowest BCUT2D eigenvalue weighted by Gasteiger charge is -2.46. The van der Waals surface area contributed by atoms with Gasteiger partial charge in [-0.05, 0) is 74.1 Å². The average Bonchev–Trinajstić information content (AvgIpc) is 2.98. The molecule has 180 valence electrons. The van der Waals surface area contributed by atoms with Crippen molar-refractivity contribution in [3.05, 3.63) is 71.8 Å². The van der Waals surface area contributed by atoms with Crippen LogP contribution in [0.4, 0.5) is 5.69 Å². The zero-order valence-corrected chi connectivity index (χ0v) is 20.3. The predicted molar refractivity (Wildman–Crippen MR) is 132 cm³/mol. The van der Waals surface area contributed by atoms with E-state index in [9.17, 15) is 0 Å². The number of fused-ring (bicyclic) bond motifs is 3. The lowest BCUT2D eigenvalue weighted by molar-refractivity contribution is -0.191. The predicted octanol–water partition coefficient (Wildman–Crippen LogP) is 5.11. The molecule has 0 bridgehead atoms. The molecule has 5 nitrogen and oxygen atoms in total. The summed E-state index contributed by atoms with van der Waals surface area (Å²) in [7, 11) is 1.81. The molecule has 1 spiro atoms. The number of hydrogen-bond donors (Lipinski definition) is 0. The van der Waals surface area contributed by atoms with Crippen molar-refractivity contribution >= 4 is 11.8 Å². The third-order valence-corrected chi connectivity index (χ3v) is 7.99. The first-order valence-electron chi connectivity index (χ1n) is 12.3. The smallest absolute Gasteiger partial charge is 0.373 e. The molecule has 34 heavy (non-hydrogen) atoms. The third kappa shape index (κ3) is 4.68. The van der Waals surface area contributed by atoms with E-state index in [-0.39, 0.29) is 17.7 Å². The Balaban J connectivity index is 0.000000868. The minimum absolute atomic E-state index is 0.0542. The van der Waals surface area contributed by atoms with Gasteiger partial charge < -0.3 is 14.4 Å². The van der Waals surface area contributed by atoms with Crippen LogP contribution >= 0.6 is 0 Å². The van der Waals surface area contributed by atoms with Crippen molar-refractivity contribution in [1.82, 2.24) is 0 Å². The molecule has 0 amide bonds. The molecule has 1 fully saturated rings. The molecular weight excluding hydrogens is 426 g/mol. The van der Waals surface area contributed by atoms with Crippen LogP contribution in [-0.2, 0) is 26.2 Å². The molecule has 5 rings (SSSR count). The van der Waals surface area contributed by atoms with Crippen molar-refractivity contribution < 1.29 is 19.1 Å². The summed E-state index contributed by atoms with van der Waals surface area (Å²) in [5.74, 6) is 2.23. The number of carbonyl (C=O) groups excluding carboxylic acids is 2. The second-order valence-electron chi connectivity index (χ2n) is 9.95. The Hall–Kier alpha value is -2.88. The van der Waals surface area contributed by atoms with Crippen molar-refractivity contribution in [3.8, 4) is 5.75 Å². The van der Waals surface area contributed by atoms with Crippen LogP contribution < -0.4 is 9.64 Å². The molecule has 0 saturated heterocycles. The minimum Gasteiger partial charge on any atom is -0.490 e. The van der Waals surface area contributed by atoms with Crippen LogP contribution in [-0.4, -0.2) is 39.1 Å². The Labute approximate surface area is 202 Å². The maximum Gasteiger partial charge on any atom is 0.373 e. The second-order valence-corrected chi connectivity index (χ2v) is 9.95. The molecule has 1 saturated carbocycles. The Morgan fingerprint density at radius 1 is 1.26 bits per heavy atom. The lowest BCUT2D eigenvalue weighted by Crippen LogP contribution is -2.49. The minimum atomic E-state index is 0.0542. The van der Waals surface area contributed by atoms with E-state index in [1.807, 2.05) is 13.2 Å². The van der Waals surface area contributed by atoms with Crippen LogP contribution in [0.2, 0.25) is 0 Å². The molecule has 3 aliphatic rings. The van der Waals surface area contributed by atoms with Crippen LogP contribution in [0.1, 0.15) is 42.4 Å². The highest BCUT2D eigenvalue weighted by molar-refractivity contribution is 5.60. The van der Waals surface area contributed by atoms with E-state index >= 15 is 0 Å². The number of nitrogens with zero attached hydrogens (tertiary/aromatic N) is 1. The first-order valence-corrected chi connectivity index (χ1v) is 12.3. The van der Waals surface area contributed by atoms with E-state index in [4.69, 9.17) is 19.1 Å². The highest BCUT2D eigenvalue weighted by Gasteiger charge is 2.44. The fourth-order valence-electron chi connectivity index (χ4n) is 6.21. The van der Waals surface area contributed by atoms with Crippen molar-refractivity contribution in [2.24, 2.45) is 11.8 Å². The number of anilines is 1. The Kier molecular flexibility index (Phi) is 7.55. The quantitative estimate of drug-likeness (QED) is 0.579. The number of ether oxygens (including phenoxy) is 2. The zero-order valence-electron chi connectivity index (χ0n) is 20.3. The van der Waals surface area contributed by atoms with Gasteiger partial charge in [-0.1, -0.05) is 42.0 Å². The standard InChI is InChI=1S/C28H35NO2.CO2/c1-4-26(30-3)23-13-12-22(23)17-29-18-28(19-31-27-10-6-5-9-25(27)29)15-7-8-21-16-20(2)11-14-24(21)28;2-1-3/h4-6,9-11,14,16,22-23,26H,1,7-8,12-13,15,17-19H2,2-3H3;/t22-,23+,26-,28-;/m0./s1. The fraction of sp³-hybridized carbons (Fsp3) is 0.483. The van der Waals surface area contributed by atoms with Gasteiger partial charge >= 0.3 is 6.15 Å².